The number of likely N-dealkylation sites (tertiary alicyclic amines) is 1. The van der Waals surface area contributed by atoms with E-state index in [1.165, 1.54) is 12.1 Å². The lowest BCUT2D eigenvalue weighted by atomic mass is 9.99. The van der Waals surface area contributed by atoms with Crippen LogP contribution in [0.4, 0.5) is 13.2 Å². The maximum atomic E-state index is 12.2. The van der Waals surface area contributed by atoms with E-state index in [2.05, 4.69) is 9.64 Å². The Morgan fingerprint density at radius 1 is 1.30 bits per heavy atom. The van der Waals surface area contributed by atoms with E-state index < -0.39 is 12.3 Å². The third kappa shape index (κ3) is 7.20. The van der Waals surface area contributed by atoms with E-state index in [0.29, 0.717) is 6.54 Å². The van der Waals surface area contributed by atoms with E-state index in [1.54, 1.807) is 12.1 Å². The molecule has 27 heavy (non-hydrogen) atoms. The van der Waals surface area contributed by atoms with Crippen molar-refractivity contribution in [3.05, 3.63) is 29.8 Å². The molecule has 1 aromatic carbocycles. The highest BCUT2D eigenvalue weighted by atomic mass is 35.5. The van der Waals surface area contributed by atoms with Crippen LogP contribution in [-0.4, -0.2) is 59.5 Å². The van der Waals surface area contributed by atoms with Crippen LogP contribution in [-0.2, 0) is 4.79 Å². The van der Waals surface area contributed by atoms with Crippen LogP contribution in [0.1, 0.15) is 38.3 Å². The van der Waals surface area contributed by atoms with E-state index in [0.717, 1.165) is 31.5 Å². The molecule has 0 aromatic heterocycles. The number of likely N-dealkylation sites (N-methyl/N-ethyl adjacent to an activating group) is 1. The predicted molar refractivity (Wildman–Crippen MR) is 98.3 cm³/mol. The van der Waals surface area contributed by atoms with Gasteiger partial charge in [-0.15, -0.1) is 25.6 Å². The second-order valence-corrected chi connectivity index (χ2v) is 6.52. The van der Waals surface area contributed by atoms with Crippen LogP contribution in [0.5, 0.6) is 5.75 Å². The number of nitrogens with zero attached hydrogens (tertiary/aromatic N) is 2. The lowest BCUT2D eigenvalue weighted by Crippen LogP contribution is -2.47. The Morgan fingerprint density at radius 2 is 1.85 bits per heavy atom. The first-order valence-electron chi connectivity index (χ1n) is 8.75. The zero-order valence-corrected chi connectivity index (χ0v) is 16.2. The molecule has 1 aliphatic rings. The van der Waals surface area contributed by atoms with Crippen molar-refractivity contribution >= 4 is 18.4 Å². The minimum Gasteiger partial charge on any atom is -0.480 e. The van der Waals surface area contributed by atoms with Gasteiger partial charge in [0.1, 0.15) is 5.75 Å². The fourth-order valence-corrected chi connectivity index (χ4v) is 3.47. The van der Waals surface area contributed by atoms with Gasteiger partial charge in [-0.1, -0.05) is 19.1 Å². The highest BCUT2D eigenvalue weighted by molar-refractivity contribution is 5.85. The first-order valence-corrected chi connectivity index (χ1v) is 8.75. The number of piperidine rings is 1. The largest absolute Gasteiger partial charge is 0.573 e. The van der Waals surface area contributed by atoms with Crippen molar-refractivity contribution in [2.24, 2.45) is 0 Å². The lowest BCUT2D eigenvalue weighted by Gasteiger charge is -2.40. The summed E-state index contributed by atoms with van der Waals surface area (Å²) in [5.74, 6) is -1.04. The SMILES string of the molecule is CCN(CC(=O)O)C1CCN(C(C)c2ccc(OC(F)(F)F)cc2)CC1.Cl. The summed E-state index contributed by atoms with van der Waals surface area (Å²) < 4.78 is 40.6. The van der Waals surface area contributed by atoms with Crippen LogP contribution in [0.3, 0.4) is 0 Å². The summed E-state index contributed by atoms with van der Waals surface area (Å²) in [5.41, 5.74) is 0.927. The van der Waals surface area contributed by atoms with Crippen molar-refractivity contribution in [3.63, 3.8) is 0 Å². The molecule has 1 atom stereocenters. The van der Waals surface area contributed by atoms with Gasteiger partial charge in [0.05, 0.1) is 6.54 Å². The molecule has 9 heteroatoms. The van der Waals surface area contributed by atoms with Crippen molar-refractivity contribution < 1.29 is 27.8 Å². The Morgan fingerprint density at radius 3 is 2.30 bits per heavy atom. The Balaban J connectivity index is 0.00000364. The summed E-state index contributed by atoms with van der Waals surface area (Å²) in [5, 5.41) is 8.99. The van der Waals surface area contributed by atoms with E-state index in [4.69, 9.17) is 5.11 Å². The molecule has 0 bridgehead atoms. The topological polar surface area (TPSA) is 53.0 Å². The molecule has 0 spiro atoms. The number of aliphatic carboxylic acids is 1. The molecule has 5 nitrogen and oxygen atoms in total. The van der Waals surface area contributed by atoms with Crippen molar-refractivity contribution in [1.29, 1.82) is 0 Å². The van der Waals surface area contributed by atoms with Crippen LogP contribution in [0.25, 0.3) is 0 Å². The van der Waals surface area contributed by atoms with Gasteiger partial charge in [0.2, 0.25) is 0 Å². The number of alkyl halides is 3. The highest BCUT2D eigenvalue weighted by Crippen LogP contribution is 2.29. The van der Waals surface area contributed by atoms with Gasteiger partial charge in [0, 0.05) is 25.2 Å². The number of hydrogen-bond donors (Lipinski definition) is 1. The van der Waals surface area contributed by atoms with Crippen molar-refractivity contribution in [2.45, 2.75) is 45.1 Å². The Hall–Kier alpha value is -1.51. The zero-order valence-electron chi connectivity index (χ0n) is 15.4. The molecule has 2 rings (SSSR count). The molecule has 1 unspecified atom stereocenters. The molecule has 1 heterocycles. The van der Waals surface area contributed by atoms with E-state index in [9.17, 15) is 18.0 Å². The molecule has 1 aliphatic heterocycles. The van der Waals surface area contributed by atoms with Crippen molar-refractivity contribution in [1.82, 2.24) is 9.80 Å². The van der Waals surface area contributed by atoms with Gasteiger partial charge in [0.25, 0.3) is 0 Å². The van der Waals surface area contributed by atoms with Gasteiger partial charge in [-0.25, -0.2) is 0 Å². The maximum Gasteiger partial charge on any atom is 0.573 e. The van der Waals surface area contributed by atoms with Crippen LogP contribution >= 0.6 is 12.4 Å². The van der Waals surface area contributed by atoms with Crippen LogP contribution in [0.2, 0.25) is 0 Å². The highest BCUT2D eigenvalue weighted by Gasteiger charge is 2.31. The van der Waals surface area contributed by atoms with Crippen molar-refractivity contribution in [2.75, 3.05) is 26.2 Å². The minimum atomic E-state index is -4.68. The third-order valence-electron chi connectivity index (χ3n) is 4.90. The van der Waals surface area contributed by atoms with E-state index >= 15 is 0 Å². The fourth-order valence-electron chi connectivity index (χ4n) is 3.47. The number of carbonyl (C=O) groups is 1. The van der Waals surface area contributed by atoms with E-state index in [1.807, 2.05) is 18.7 Å². The molecular formula is C18H26ClF3N2O3. The predicted octanol–water partition coefficient (Wildman–Crippen LogP) is 3.94. The number of halogens is 4. The molecule has 0 radical (unpaired) electrons. The Labute approximate surface area is 163 Å². The molecule has 0 aliphatic carbocycles. The normalized spacial score (nSPS) is 17.4. The van der Waals surface area contributed by atoms with Gasteiger partial charge in [0.15, 0.2) is 0 Å². The summed E-state index contributed by atoms with van der Waals surface area (Å²) in [6, 6.07) is 6.30. The molecule has 154 valence electrons. The van der Waals surface area contributed by atoms with Gasteiger partial charge < -0.3 is 9.84 Å². The number of carboxylic acid groups (broad SMARTS) is 1. The average Bonchev–Trinajstić information content (AvgIpc) is 2.58. The average molecular weight is 411 g/mol. The molecule has 1 fully saturated rings. The standard InChI is InChI=1S/C18H25F3N2O3.ClH/c1-3-22(12-17(24)25)15-8-10-23(11-9-15)13(2)14-4-6-16(7-5-14)26-18(19,20)21;/h4-7,13,15H,3,8-12H2,1-2H3,(H,24,25);1H. The van der Waals surface area contributed by atoms with Gasteiger partial charge in [-0.2, -0.15) is 0 Å². The summed E-state index contributed by atoms with van der Waals surface area (Å²) >= 11 is 0. The number of rotatable bonds is 7. The fraction of sp³-hybridized carbons (Fsp3) is 0.611. The van der Waals surface area contributed by atoms with Crippen LogP contribution < -0.4 is 4.74 Å². The number of benzene rings is 1. The summed E-state index contributed by atoms with van der Waals surface area (Å²) in [7, 11) is 0. The van der Waals surface area contributed by atoms with Gasteiger partial charge in [-0.05, 0) is 44.0 Å². The molecule has 0 saturated carbocycles. The second kappa shape index (κ2) is 10.1. The summed E-state index contributed by atoms with van der Waals surface area (Å²) in [6.45, 7) is 6.38. The first kappa shape index (κ1) is 23.5. The van der Waals surface area contributed by atoms with Gasteiger partial charge in [-0.3, -0.25) is 14.6 Å². The monoisotopic (exact) mass is 410 g/mol. The molecule has 0 amide bonds. The van der Waals surface area contributed by atoms with Crippen LogP contribution in [0.15, 0.2) is 24.3 Å². The Kier molecular flexibility index (Phi) is 8.84. The molecule has 1 aromatic rings. The first-order chi connectivity index (χ1) is 12.2. The second-order valence-electron chi connectivity index (χ2n) is 6.52. The summed E-state index contributed by atoms with van der Waals surface area (Å²) in [6.07, 6.45) is -2.93. The molecule has 1 saturated heterocycles. The third-order valence-corrected chi connectivity index (χ3v) is 4.90. The summed E-state index contributed by atoms with van der Waals surface area (Å²) in [4.78, 5) is 15.2. The molecular weight excluding hydrogens is 385 g/mol. The van der Waals surface area contributed by atoms with Crippen LogP contribution in [0, 0.1) is 0 Å². The van der Waals surface area contributed by atoms with E-state index in [-0.39, 0.29) is 36.8 Å². The smallest absolute Gasteiger partial charge is 0.480 e. The quantitative estimate of drug-likeness (QED) is 0.738. The van der Waals surface area contributed by atoms with Crippen molar-refractivity contribution in [3.8, 4) is 5.75 Å². The molecule has 1 N–H and O–H groups in total. The number of hydrogen-bond acceptors (Lipinski definition) is 4. The Bertz CT molecular complexity index is 591. The zero-order chi connectivity index (χ0) is 19.3. The minimum absolute atomic E-state index is 0. The lowest BCUT2D eigenvalue weighted by molar-refractivity contribution is -0.274. The number of ether oxygens (including phenoxy) is 1. The number of carboxylic acids is 1. The van der Waals surface area contributed by atoms with Gasteiger partial charge >= 0.3 is 12.3 Å². The maximum absolute atomic E-state index is 12.2.